The number of benzene rings is 1. The molecule has 4 heteroatoms. The molecular formula is C17H28BrNO2. The van der Waals surface area contributed by atoms with Gasteiger partial charge in [0, 0.05) is 23.0 Å². The number of nitrogens with one attached hydrogen (secondary N) is 1. The SMILES string of the molecule is Cc1cc(Br)cc(CNCC(C)C)c1OCCC(C)(C)O. The van der Waals surface area contributed by atoms with Gasteiger partial charge < -0.3 is 15.2 Å². The molecule has 0 radical (unpaired) electrons. The summed E-state index contributed by atoms with van der Waals surface area (Å²) in [5.41, 5.74) is 1.57. The first-order chi connectivity index (χ1) is 9.69. The van der Waals surface area contributed by atoms with Crippen LogP contribution < -0.4 is 10.1 Å². The van der Waals surface area contributed by atoms with Crippen molar-refractivity contribution in [3.05, 3.63) is 27.7 Å². The van der Waals surface area contributed by atoms with Crippen molar-refractivity contribution in [2.75, 3.05) is 13.2 Å². The number of ether oxygens (including phenoxy) is 1. The van der Waals surface area contributed by atoms with Crippen molar-refractivity contribution >= 4 is 15.9 Å². The Balaban J connectivity index is 2.75. The Morgan fingerprint density at radius 2 is 2.00 bits per heavy atom. The molecule has 21 heavy (non-hydrogen) atoms. The van der Waals surface area contributed by atoms with Gasteiger partial charge in [-0.15, -0.1) is 0 Å². The van der Waals surface area contributed by atoms with E-state index < -0.39 is 5.60 Å². The number of hydrogen-bond donors (Lipinski definition) is 2. The van der Waals surface area contributed by atoms with Crippen molar-refractivity contribution in [3.8, 4) is 5.75 Å². The van der Waals surface area contributed by atoms with E-state index in [0.29, 0.717) is 18.9 Å². The molecule has 0 aromatic heterocycles. The average molecular weight is 358 g/mol. The number of hydrogen-bond acceptors (Lipinski definition) is 3. The van der Waals surface area contributed by atoms with E-state index in [1.165, 1.54) is 0 Å². The zero-order chi connectivity index (χ0) is 16.0. The summed E-state index contributed by atoms with van der Waals surface area (Å²) >= 11 is 3.54. The summed E-state index contributed by atoms with van der Waals surface area (Å²) in [4.78, 5) is 0. The largest absolute Gasteiger partial charge is 0.493 e. The van der Waals surface area contributed by atoms with Crippen LogP contribution >= 0.6 is 15.9 Å². The summed E-state index contributed by atoms with van der Waals surface area (Å²) < 4.78 is 7.00. The molecule has 0 aliphatic rings. The summed E-state index contributed by atoms with van der Waals surface area (Å²) in [5, 5.41) is 13.2. The minimum Gasteiger partial charge on any atom is -0.493 e. The number of halogens is 1. The molecule has 1 aromatic carbocycles. The van der Waals surface area contributed by atoms with Crippen LogP contribution in [0.1, 0.15) is 45.2 Å². The van der Waals surface area contributed by atoms with Crippen molar-refractivity contribution in [2.24, 2.45) is 5.92 Å². The second-order valence-corrected chi connectivity index (χ2v) is 7.56. The highest BCUT2D eigenvalue weighted by molar-refractivity contribution is 9.10. The molecule has 0 saturated carbocycles. The Morgan fingerprint density at radius 3 is 2.57 bits per heavy atom. The van der Waals surface area contributed by atoms with Crippen LogP contribution in [-0.4, -0.2) is 23.9 Å². The maximum Gasteiger partial charge on any atom is 0.126 e. The predicted octanol–water partition coefficient (Wildman–Crippen LogP) is 4.04. The molecule has 120 valence electrons. The van der Waals surface area contributed by atoms with Crippen LogP contribution in [0.2, 0.25) is 0 Å². The van der Waals surface area contributed by atoms with Crippen LogP contribution in [0.4, 0.5) is 0 Å². The second-order valence-electron chi connectivity index (χ2n) is 6.65. The zero-order valence-electron chi connectivity index (χ0n) is 13.8. The van der Waals surface area contributed by atoms with Crippen LogP contribution in [0.15, 0.2) is 16.6 Å². The Labute approximate surface area is 137 Å². The second kappa shape index (κ2) is 8.16. The molecule has 0 atom stereocenters. The van der Waals surface area contributed by atoms with Crippen LogP contribution in [0.25, 0.3) is 0 Å². The molecule has 0 unspecified atom stereocenters. The smallest absolute Gasteiger partial charge is 0.126 e. The highest BCUT2D eigenvalue weighted by Gasteiger charge is 2.14. The van der Waals surface area contributed by atoms with E-state index in [9.17, 15) is 5.11 Å². The lowest BCUT2D eigenvalue weighted by atomic mass is 10.1. The zero-order valence-corrected chi connectivity index (χ0v) is 15.4. The Morgan fingerprint density at radius 1 is 1.33 bits per heavy atom. The first kappa shape index (κ1) is 18.5. The first-order valence-corrected chi connectivity index (χ1v) is 8.33. The lowest BCUT2D eigenvalue weighted by Crippen LogP contribution is -2.23. The van der Waals surface area contributed by atoms with Crippen LogP contribution in [-0.2, 0) is 6.54 Å². The molecule has 2 N–H and O–H groups in total. The Hall–Kier alpha value is -0.580. The minimum absolute atomic E-state index is 0.517. The van der Waals surface area contributed by atoms with Crippen LogP contribution in [0.3, 0.4) is 0 Å². The lowest BCUT2D eigenvalue weighted by molar-refractivity contribution is 0.0550. The van der Waals surface area contributed by atoms with E-state index in [-0.39, 0.29) is 0 Å². The molecule has 1 aromatic rings. The van der Waals surface area contributed by atoms with Gasteiger partial charge in [-0.3, -0.25) is 0 Å². The van der Waals surface area contributed by atoms with E-state index in [0.717, 1.165) is 34.4 Å². The van der Waals surface area contributed by atoms with Gasteiger partial charge >= 0.3 is 0 Å². The summed E-state index contributed by atoms with van der Waals surface area (Å²) in [5.74, 6) is 1.55. The van der Waals surface area contributed by atoms with Crippen molar-refractivity contribution in [2.45, 2.75) is 53.2 Å². The minimum atomic E-state index is -0.695. The molecule has 0 saturated heterocycles. The maximum absolute atomic E-state index is 9.78. The quantitative estimate of drug-likeness (QED) is 0.737. The van der Waals surface area contributed by atoms with E-state index in [1.54, 1.807) is 13.8 Å². The molecule has 0 aliphatic heterocycles. The third kappa shape index (κ3) is 7.30. The van der Waals surface area contributed by atoms with Crippen molar-refractivity contribution in [1.29, 1.82) is 0 Å². The van der Waals surface area contributed by atoms with Gasteiger partial charge in [0.05, 0.1) is 12.2 Å². The van der Waals surface area contributed by atoms with Crippen molar-refractivity contribution in [1.82, 2.24) is 5.32 Å². The van der Waals surface area contributed by atoms with Gasteiger partial charge in [0.2, 0.25) is 0 Å². The fraction of sp³-hybridized carbons (Fsp3) is 0.647. The fourth-order valence-corrected chi connectivity index (χ4v) is 2.66. The van der Waals surface area contributed by atoms with E-state index in [2.05, 4.69) is 54.2 Å². The average Bonchev–Trinajstić information content (AvgIpc) is 2.30. The van der Waals surface area contributed by atoms with Gasteiger partial charge in [0.25, 0.3) is 0 Å². The van der Waals surface area contributed by atoms with Gasteiger partial charge in [-0.25, -0.2) is 0 Å². The monoisotopic (exact) mass is 357 g/mol. The maximum atomic E-state index is 9.78. The summed E-state index contributed by atoms with van der Waals surface area (Å²) in [7, 11) is 0. The third-order valence-corrected chi connectivity index (χ3v) is 3.60. The molecule has 0 spiro atoms. The third-order valence-electron chi connectivity index (χ3n) is 3.14. The molecule has 0 bridgehead atoms. The first-order valence-electron chi connectivity index (χ1n) is 7.54. The van der Waals surface area contributed by atoms with Gasteiger partial charge in [0.15, 0.2) is 0 Å². The summed E-state index contributed by atoms with van der Waals surface area (Å²) in [6, 6.07) is 4.16. The van der Waals surface area contributed by atoms with Gasteiger partial charge in [0.1, 0.15) is 5.75 Å². The van der Waals surface area contributed by atoms with Crippen molar-refractivity contribution < 1.29 is 9.84 Å². The topological polar surface area (TPSA) is 41.5 Å². The van der Waals surface area contributed by atoms with Gasteiger partial charge in [-0.05, 0) is 50.9 Å². The van der Waals surface area contributed by atoms with Gasteiger partial charge in [-0.2, -0.15) is 0 Å². The van der Waals surface area contributed by atoms with E-state index in [4.69, 9.17) is 4.74 Å². The molecule has 1 rings (SSSR count). The highest BCUT2D eigenvalue weighted by Crippen LogP contribution is 2.28. The summed E-state index contributed by atoms with van der Waals surface area (Å²) in [6.07, 6.45) is 0.612. The lowest BCUT2D eigenvalue weighted by Gasteiger charge is -2.20. The molecule has 0 amide bonds. The van der Waals surface area contributed by atoms with Crippen LogP contribution in [0.5, 0.6) is 5.75 Å². The Bertz CT molecular complexity index is 453. The highest BCUT2D eigenvalue weighted by atomic mass is 79.9. The Kier molecular flexibility index (Phi) is 7.17. The fourth-order valence-electron chi connectivity index (χ4n) is 2.04. The number of rotatable bonds is 8. The van der Waals surface area contributed by atoms with E-state index >= 15 is 0 Å². The molecule has 0 fully saturated rings. The molecule has 0 aliphatic carbocycles. The van der Waals surface area contributed by atoms with Crippen molar-refractivity contribution in [3.63, 3.8) is 0 Å². The predicted molar refractivity (Wildman–Crippen MR) is 91.8 cm³/mol. The van der Waals surface area contributed by atoms with Gasteiger partial charge in [-0.1, -0.05) is 29.8 Å². The van der Waals surface area contributed by atoms with E-state index in [1.807, 2.05) is 0 Å². The molecule has 3 nitrogen and oxygen atoms in total. The van der Waals surface area contributed by atoms with Crippen LogP contribution in [0, 0.1) is 12.8 Å². The number of aryl methyl sites for hydroxylation is 1. The number of aliphatic hydroxyl groups is 1. The molecular weight excluding hydrogens is 330 g/mol. The summed E-state index contributed by atoms with van der Waals surface area (Å²) in [6.45, 7) is 12.3. The normalized spacial score (nSPS) is 12.0. The molecule has 0 heterocycles. The standard InChI is InChI=1S/C17H28BrNO2/c1-12(2)10-19-11-14-9-15(18)8-13(3)16(14)21-7-6-17(4,5)20/h8-9,12,19-20H,6-7,10-11H2,1-5H3.